The summed E-state index contributed by atoms with van der Waals surface area (Å²) in [4.78, 5) is 6.54. The molecule has 0 amide bonds. The van der Waals surface area contributed by atoms with Crippen molar-refractivity contribution in [3.8, 4) is 0 Å². The SMILES string of the molecule is CN1CCC[C@H]1c1cccnc1.O.[Zn]. The molecule has 1 atom stereocenters. The molecular formula is C10H16N2OZn. The summed E-state index contributed by atoms with van der Waals surface area (Å²) in [5.74, 6) is 0. The summed E-state index contributed by atoms with van der Waals surface area (Å²) < 4.78 is 0. The Labute approximate surface area is 97.6 Å². The van der Waals surface area contributed by atoms with E-state index in [1.54, 1.807) is 0 Å². The predicted molar refractivity (Wildman–Crippen MR) is 52.5 cm³/mol. The number of nitrogens with zero attached hydrogens (tertiary/aromatic N) is 2. The van der Waals surface area contributed by atoms with E-state index in [0.717, 1.165) is 0 Å². The number of rotatable bonds is 1. The zero-order valence-corrected chi connectivity index (χ0v) is 11.6. The quantitative estimate of drug-likeness (QED) is 0.694. The molecule has 1 aliphatic rings. The number of hydrogen-bond donors (Lipinski definition) is 0. The Morgan fingerprint density at radius 3 is 2.79 bits per heavy atom. The van der Waals surface area contributed by atoms with Crippen LogP contribution in [-0.4, -0.2) is 29.0 Å². The van der Waals surface area contributed by atoms with E-state index in [0.29, 0.717) is 6.04 Å². The first-order valence-electron chi connectivity index (χ1n) is 4.48. The van der Waals surface area contributed by atoms with Gasteiger partial charge in [0, 0.05) is 37.9 Å². The minimum absolute atomic E-state index is 0. The Bertz CT molecular complexity index is 256. The van der Waals surface area contributed by atoms with Gasteiger partial charge in [0.05, 0.1) is 0 Å². The van der Waals surface area contributed by atoms with E-state index >= 15 is 0 Å². The second kappa shape index (κ2) is 6.23. The Morgan fingerprint density at radius 1 is 1.50 bits per heavy atom. The van der Waals surface area contributed by atoms with Crippen LogP contribution in [-0.2, 0) is 19.5 Å². The molecule has 4 heteroatoms. The fraction of sp³-hybridized carbons (Fsp3) is 0.500. The largest absolute Gasteiger partial charge is 0.412 e. The fourth-order valence-electron chi connectivity index (χ4n) is 1.90. The van der Waals surface area contributed by atoms with Crippen molar-refractivity contribution in [2.45, 2.75) is 18.9 Å². The van der Waals surface area contributed by atoms with E-state index in [1.807, 2.05) is 18.5 Å². The van der Waals surface area contributed by atoms with Gasteiger partial charge in [-0.1, -0.05) is 6.07 Å². The first kappa shape index (κ1) is 13.7. The maximum absolute atomic E-state index is 4.14. The van der Waals surface area contributed by atoms with Crippen LogP contribution in [0.4, 0.5) is 0 Å². The summed E-state index contributed by atoms with van der Waals surface area (Å²) in [6, 6.07) is 4.79. The number of pyridine rings is 1. The molecule has 0 aliphatic carbocycles. The Balaban J connectivity index is 0.000000845. The van der Waals surface area contributed by atoms with Gasteiger partial charge in [0.2, 0.25) is 0 Å². The van der Waals surface area contributed by atoms with E-state index in [9.17, 15) is 0 Å². The van der Waals surface area contributed by atoms with Crippen LogP contribution in [0.3, 0.4) is 0 Å². The zero-order valence-electron chi connectivity index (χ0n) is 8.61. The van der Waals surface area contributed by atoms with Crippen molar-refractivity contribution in [3.05, 3.63) is 30.1 Å². The van der Waals surface area contributed by atoms with Crippen LogP contribution in [0.5, 0.6) is 0 Å². The van der Waals surface area contributed by atoms with Gasteiger partial charge in [0.1, 0.15) is 0 Å². The Kier molecular flexibility index (Phi) is 6.09. The van der Waals surface area contributed by atoms with Crippen LogP contribution < -0.4 is 0 Å². The normalized spacial score (nSPS) is 21.1. The first-order valence-corrected chi connectivity index (χ1v) is 4.48. The smallest absolute Gasteiger partial charge is 0.0360 e. The van der Waals surface area contributed by atoms with E-state index in [2.05, 4.69) is 23.0 Å². The van der Waals surface area contributed by atoms with Crippen LogP contribution in [0.25, 0.3) is 0 Å². The molecule has 0 radical (unpaired) electrons. The second-order valence-electron chi connectivity index (χ2n) is 3.42. The standard InChI is InChI=1S/C10H14N2.H2O.Zn/c1-12-7-3-5-10(12)9-4-2-6-11-8-9;;/h2,4,6,8,10H,3,5,7H2,1H3;1H2;/t10-;;/m0../s1. The van der Waals surface area contributed by atoms with Crippen LogP contribution >= 0.6 is 0 Å². The molecule has 2 rings (SSSR count). The Morgan fingerprint density at radius 2 is 2.29 bits per heavy atom. The third-order valence-electron chi connectivity index (χ3n) is 2.59. The summed E-state index contributed by atoms with van der Waals surface area (Å²) >= 11 is 0. The van der Waals surface area contributed by atoms with Crippen LogP contribution in [0, 0.1) is 0 Å². The predicted octanol–water partition coefficient (Wildman–Crippen LogP) is 1.02. The molecule has 74 valence electrons. The molecule has 14 heavy (non-hydrogen) atoms. The molecule has 1 aliphatic heterocycles. The van der Waals surface area contributed by atoms with Crippen molar-refractivity contribution in [2.24, 2.45) is 0 Å². The van der Waals surface area contributed by atoms with E-state index < -0.39 is 0 Å². The van der Waals surface area contributed by atoms with Gasteiger partial charge in [-0.3, -0.25) is 9.88 Å². The molecule has 1 fully saturated rings. The number of aromatic nitrogens is 1. The summed E-state index contributed by atoms with van der Waals surface area (Å²) in [5, 5.41) is 0. The van der Waals surface area contributed by atoms with E-state index in [-0.39, 0.29) is 25.0 Å². The number of likely N-dealkylation sites (tertiary alicyclic amines) is 1. The van der Waals surface area contributed by atoms with Crippen molar-refractivity contribution in [1.82, 2.24) is 9.88 Å². The third kappa shape index (κ3) is 2.84. The average molecular weight is 246 g/mol. The molecule has 0 saturated carbocycles. The van der Waals surface area contributed by atoms with Gasteiger partial charge in [-0.2, -0.15) is 0 Å². The van der Waals surface area contributed by atoms with Gasteiger partial charge < -0.3 is 5.48 Å². The molecule has 0 bridgehead atoms. The molecule has 0 aromatic carbocycles. The zero-order chi connectivity index (χ0) is 8.39. The molecule has 2 N–H and O–H groups in total. The maximum atomic E-state index is 4.14. The molecular weight excluding hydrogens is 230 g/mol. The molecule has 2 heterocycles. The molecule has 3 nitrogen and oxygen atoms in total. The van der Waals surface area contributed by atoms with Gasteiger partial charge in [-0.15, -0.1) is 0 Å². The summed E-state index contributed by atoms with van der Waals surface area (Å²) in [6.45, 7) is 1.22. The molecule has 1 aromatic rings. The topological polar surface area (TPSA) is 47.6 Å². The van der Waals surface area contributed by atoms with Gasteiger partial charge in [0.25, 0.3) is 0 Å². The minimum atomic E-state index is 0. The molecule has 1 aromatic heterocycles. The van der Waals surface area contributed by atoms with Crippen molar-refractivity contribution < 1.29 is 25.0 Å². The summed E-state index contributed by atoms with van der Waals surface area (Å²) in [5.41, 5.74) is 1.36. The second-order valence-corrected chi connectivity index (χ2v) is 3.42. The average Bonchev–Trinajstić information content (AvgIpc) is 2.53. The van der Waals surface area contributed by atoms with Gasteiger partial charge in [-0.25, -0.2) is 0 Å². The van der Waals surface area contributed by atoms with Crippen molar-refractivity contribution >= 4 is 0 Å². The molecule has 0 unspecified atom stereocenters. The summed E-state index contributed by atoms with van der Waals surface area (Å²) in [7, 11) is 2.19. The van der Waals surface area contributed by atoms with Gasteiger partial charge in [0.15, 0.2) is 0 Å². The van der Waals surface area contributed by atoms with E-state index in [1.165, 1.54) is 24.9 Å². The van der Waals surface area contributed by atoms with Gasteiger partial charge >= 0.3 is 0 Å². The Hall–Kier alpha value is -0.307. The first-order chi connectivity index (χ1) is 5.88. The van der Waals surface area contributed by atoms with E-state index in [4.69, 9.17) is 0 Å². The van der Waals surface area contributed by atoms with Crippen LogP contribution in [0.15, 0.2) is 24.5 Å². The van der Waals surface area contributed by atoms with Crippen molar-refractivity contribution in [2.75, 3.05) is 13.6 Å². The molecule has 1 saturated heterocycles. The monoisotopic (exact) mass is 244 g/mol. The summed E-state index contributed by atoms with van der Waals surface area (Å²) in [6.07, 6.45) is 6.41. The molecule has 0 spiro atoms. The van der Waals surface area contributed by atoms with Crippen LogP contribution in [0.2, 0.25) is 0 Å². The van der Waals surface area contributed by atoms with Crippen molar-refractivity contribution in [1.29, 1.82) is 0 Å². The number of hydrogen-bond acceptors (Lipinski definition) is 2. The third-order valence-corrected chi connectivity index (χ3v) is 2.59. The van der Waals surface area contributed by atoms with Gasteiger partial charge in [-0.05, 0) is 38.1 Å². The maximum Gasteiger partial charge on any atom is 0.0360 e. The minimum Gasteiger partial charge on any atom is -0.412 e. The fourth-order valence-corrected chi connectivity index (χ4v) is 1.90. The van der Waals surface area contributed by atoms with Crippen LogP contribution in [0.1, 0.15) is 24.4 Å². The van der Waals surface area contributed by atoms with Crippen molar-refractivity contribution in [3.63, 3.8) is 0 Å².